The van der Waals surface area contributed by atoms with Gasteiger partial charge in [-0.3, -0.25) is 9.59 Å². The number of carbonyl (C=O) groups excluding carboxylic acids is 2. The summed E-state index contributed by atoms with van der Waals surface area (Å²) in [5.74, 6) is -0.111. The SMILES string of the molecule is Cc1cc(NC(=O)c2ccc3c(c2)N(C)[C@H]2CCCN2C3=O)ccc1Br. The minimum Gasteiger partial charge on any atom is -0.354 e. The van der Waals surface area contributed by atoms with Gasteiger partial charge in [0.2, 0.25) is 0 Å². The van der Waals surface area contributed by atoms with Gasteiger partial charge in [-0.05, 0) is 61.7 Å². The maximum Gasteiger partial charge on any atom is 0.257 e. The van der Waals surface area contributed by atoms with Gasteiger partial charge in [0.15, 0.2) is 0 Å². The van der Waals surface area contributed by atoms with E-state index in [0.717, 1.165) is 40.8 Å². The predicted molar refractivity (Wildman–Crippen MR) is 106 cm³/mol. The Kier molecular flexibility index (Phi) is 4.23. The van der Waals surface area contributed by atoms with Crippen molar-refractivity contribution >= 4 is 39.1 Å². The number of benzene rings is 2. The first-order chi connectivity index (χ1) is 12.5. The Bertz CT molecular complexity index is 912. The largest absolute Gasteiger partial charge is 0.354 e. The number of fused-ring (bicyclic) bond motifs is 2. The van der Waals surface area contributed by atoms with E-state index in [1.807, 2.05) is 43.1 Å². The van der Waals surface area contributed by atoms with Crippen LogP contribution in [0.2, 0.25) is 0 Å². The maximum atomic E-state index is 12.7. The highest BCUT2D eigenvalue weighted by Gasteiger charge is 2.38. The molecule has 2 aliphatic rings. The highest BCUT2D eigenvalue weighted by molar-refractivity contribution is 9.10. The number of halogens is 1. The summed E-state index contributed by atoms with van der Waals surface area (Å²) >= 11 is 3.46. The molecule has 2 amide bonds. The van der Waals surface area contributed by atoms with Gasteiger partial charge in [-0.25, -0.2) is 0 Å². The lowest BCUT2D eigenvalue weighted by atomic mass is 10.0. The van der Waals surface area contributed by atoms with Crippen molar-refractivity contribution < 1.29 is 9.59 Å². The van der Waals surface area contributed by atoms with Crippen LogP contribution in [0.4, 0.5) is 11.4 Å². The number of rotatable bonds is 2. The molecule has 6 heteroatoms. The normalized spacial score (nSPS) is 18.6. The zero-order valence-electron chi connectivity index (χ0n) is 14.8. The third-order valence-corrected chi connectivity index (χ3v) is 6.10. The molecule has 5 nitrogen and oxygen atoms in total. The molecule has 1 N–H and O–H groups in total. The second kappa shape index (κ2) is 6.43. The first kappa shape index (κ1) is 17.1. The van der Waals surface area contributed by atoms with Crippen molar-refractivity contribution in [3.63, 3.8) is 0 Å². The fourth-order valence-corrected chi connectivity index (χ4v) is 4.02. The molecule has 26 heavy (non-hydrogen) atoms. The van der Waals surface area contributed by atoms with Gasteiger partial charge in [0.05, 0.1) is 11.3 Å². The zero-order valence-corrected chi connectivity index (χ0v) is 16.3. The van der Waals surface area contributed by atoms with Crippen LogP contribution in [0, 0.1) is 6.92 Å². The lowest BCUT2D eigenvalue weighted by Gasteiger charge is -2.40. The van der Waals surface area contributed by atoms with Crippen LogP contribution >= 0.6 is 15.9 Å². The van der Waals surface area contributed by atoms with Crippen molar-refractivity contribution in [1.29, 1.82) is 0 Å². The van der Waals surface area contributed by atoms with Gasteiger partial charge < -0.3 is 15.1 Å². The molecule has 2 heterocycles. The number of hydrogen-bond acceptors (Lipinski definition) is 3. The van der Waals surface area contributed by atoms with Crippen LogP contribution in [-0.4, -0.2) is 36.5 Å². The van der Waals surface area contributed by atoms with E-state index >= 15 is 0 Å². The highest BCUT2D eigenvalue weighted by Crippen LogP contribution is 2.35. The number of aryl methyl sites for hydroxylation is 1. The van der Waals surface area contributed by atoms with Crippen molar-refractivity contribution in [2.75, 3.05) is 23.8 Å². The number of hydrogen-bond donors (Lipinski definition) is 1. The number of anilines is 2. The third kappa shape index (κ3) is 2.78. The molecule has 0 spiro atoms. The standard InChI is InChI=1S/C20H20BrN3O2/c1-12-10-14(6-8-16(12)21)22-19(25)13-5-7-15-17(11-13)23(2)18-4-3-9-24(18)20(15)26/h5-8,10-11,18H,3-4,9H2,1-2H3,(H,22,25)/t18-/m1/s1. The van der Waals surface area contributed by atoms with Crippen LogP contribution in [0.1, 0.15) is 39.1 Å². The van der Waals surface area contributed by atoms with Gasteiger partial charge in [0.25, 0.3) is 11.8 Å². The van der Waals surface area contributed by atoms with Gasteiger partial charge in [-0.1, -0.05) is 15.9 Å². The van der Waals surface area contributed by atoms with Gasteiger partial charge in [0, 0.05) is 29.3 Å². The van der Waals surface area contributed by atoms with Crippen LogP contribution in [0.25, 0.3) is 0 Å². The van der Waals surface area contributed by atoms with Gasteiger partial charge >= 0.3 is 0 Å². The molecule has 1 fully saturated rings. The fraction of sp³-hybridized carbons (Fsp3) is 0.300. The Hall–Kier alpha value is -2.34. The van der Waals surface area contributed by atoms with Crippen LogP contribution < -0.4 is 10.2 Å². The van der Waals surface area contributed by atoms with Gasteiger partial charge in [0.1, 0.15) is 6.17 Å². The molecular formula is C20H20BrN3O2. The molecule has 0 radical (unpaired) electrons. The van der Waals surface area contributed by atoms with E-state index in [9.17, 15) is 9.59 Å². The van der Waals surface area contributed by atoms with Gasteiger partial charge in [-0.2, -0.15) is 0 Å². The van der Waals surface area contributed by atoms with E-state index in [-0.39, 0.29) is 18.0 Å². The molecule has 0 bridgehead atoms. The summed E-state index contributed by atoms with van der Waals surface area (Å²) in [5, 5.41) is 2.93. The second-order valence-corrected chi connectivity index (χ2v) is 7.74. The zero-order chi connectivity index (χ0) is 18.4. The van der Waals surface area contributed by atoms with Crippen molar-refractivity contribution in [2.24, 2.45) is 0 Å². The molecule has 0 saturated carbocycles. The summed E-state index contributed by atoms with van der Waals surface area (Å²) in [6, 6.07) is 11.0. The van der Waals surface area contributed by atoms with Crippen LogP contribution in [0.3, 0.4) is 0 Å². The first-order valence-electron chi connectivity index (χ1n) is 8.71. The fourth-order valence-electron chi connectivity index (χ4n) is 3.78. The molecule has 134 valence electrons. The average molecular weight is 414 g/mol. The summed E-state index contributed by atoms with van der Waals surface area (Å²) in [7, 11) is 1.99. The number of nitrogens with one attached hydrogen (secondary N) is 1. The Morgan fingerprint density at radius 3 is 2.81 bits per heavy atom. The van der Waals surface area contributed by atoms with Crippen molar-refractivity contribution in [1.82, 2.24) is 4.90 Å². The molecule has 4 rings (SSSR count). The Morgan fingerprint density at radius 1 is 1.23 bits per heavy atom. The number of carbonyl (C=O) groups is 2. The highest BCUT2D eigenvalue weighted by atomic mass is 79.9. The van der Waals surface area contributed by atoms with Crippen molar-refractivity contribution in [2.45, 2.75) is 25.9 Å². The van der Waals surface area contributed by atoms with E-state index in [0.29, 0.717) is 11.1 Å². The summed E-state index contributed by atoms with van der Waals surface area (Å²) in [6.07, 6.45) is 2.09. The molecule has 0 aliphatic carbocycles. The van der Waals surface area contributed by atoms with Crippen LogP contribution in [-0.2, 0) is 0 Å². The minimum absolute atomic E-state index is 0.0658. The van der Waals surface area contributed by atoms with Crippen molar-refractivity contribution in [3.8, 4) is 0 Å². The molecule has 2 aromatic rings. The monoisotopic (exact) mass is 413 g/mol. The Balaban J connectivity index is 1.62. The summed E-state index contributed by atoms with van der Waals surface area (Å²) in [6.45, 7) is 2.78. The number of nitrogens with zero attached hydrogens (tertiary/aromatic N) is 2. The summed E-state index contributed by atoms with van der Waals surface area (Å²) in [4.78, 5) is 29.4. The quantitative estimate of drug-likeness (QED) is 0.808. The predicted octanol–water partition coefficient (Wildman–Crippen LogP) is 4.02. The molecule has 0 unspecified atom stereocenters. The molecule has 1 saturated heterocycles. The van der Waals surface area contributed by atoms with E-state index in [4.69, 9.17) is 0 Å². The second-order valence-electron chi connectivity index (χ2n) is 6.88. The maximum absolute atomic E-state index is 12.7. The van der Waals surface area contributed by atoms with E-state index < -0.39 is 0 Å². The molecular weight excluding hydrogens is 394 g/mol. The smallest absolute Gasteiger partial charge is 0.257 e. The molecule has 1 atom stereocenters. The summed E-state index contributed by atoms with van der Waals surface area (Å²) < 4.78 is 1.01. The topological polar surface area (TPSA) is 52.7 Å². The molecule has 0 aromatic heterocycles. The van der Waals surface area contributed by atoms with Gasteiger partial charge in [-0.15, -0.1) is 0 Å². The molecule has 2 aromatic carbocycles. The average Bonchev–Trinajstić information content (AvgIpc) is 3.12. The minimum atomic E-state index is -0.177. The van der Waals surface area contributed by atoms with Crippen molar-refractivity contribution in [3.05, 3.63) is 57.6 Å². The van der Waals surface area contributed by atoms with E-state index in [2.05, 4.69) is 26.1 Å². The molecule has 2 aliphatic heterocycles. The lowest BCUT2D eigenvalue weighted by molar-refractivity contribution is 0.0719. The van der Waals surface area contributed by atoms with Crippen LogP contribution in [0.5, 0.6) is 0 Å². The number of amides is 2. The Morgan fingerprint density at radius 2 is 2.04 bits per heavy atom. The first-order valence-corrected chi connectivity index (χ1v) is 9.50. The third-order valence-electron chi connectivity index (χ3n) is 5.22. The summed E-state index contributed by atoms with van der Waals surface area (Å²) in [5.41, 5.74) is 3.86. The van der Waals surface area contributed by atoms with E-state index in [1.54, 1.807) is 12.1 Å². The van der Waals surface area contributed by atoms with E-state index in [1.165, 1.54) is 0 Å². The Labute approximate surface area is 161 Å². The lowest BCUT2D eigenvalue weighted by Crippen LogP contribution is -2.50. The van der Waals surface area contributed by atoms with Crippen LogP contribution in [0.15, 0.2) is 40.9 Å².